The quantitative estimate of drug-likeness (QED) is 0.401. The molecule has 1 aromatic heterocycles. The Morgan fingerprint density at radius 1 is 1.14 bits per heavy atom. The average molecular weight is 394 g/mol. The lowest BCUT2D eigenvalue weighted by atomic mass is 10.1. The van der Waals surface area contributed by atoms with E-state index in [1.807, 2.05) is 38.1 Å². The number of aromatic hydroxyl groups is 1. The van der Waals surface area contributed by atoms with E-state index in [0.29, 0.717) is 30.2 Å². The van der Waals surface area contributed by atoms with Crippen LogP contribution >= 0.6 is 0 Å². The Hall–Kier alpha value is -3.81. The molecule has 0 spiro atoms. The number of carbonyl (C=O) groups is 1. The number of aromatic amines is 1. The zero-order valence-electron chi connectivity index (χ0n) is 16.2. The maximum Gasteiger partial charge on any atom is 0.289 e. The number of amides is 1. The first kappa shape index (κ1) is 19.9. The molecule has 0 atom stereocenters. The average Bonchev–Trinajstić information content (AvgIpc) is 3.22. The Kier molecular flexibility index (Phi) is 6.47. The largest absolute Gasteiger partial charge is 0.504 e. The number of hydrazone groups is 1. The summed E-state index contributed by atoms with van der Waals surface area (Å²) in [5, 5.41) is 20.5. The Balaban J connectivity index is 1.63. The van der Waals surface area contributed by atoms with E-state index < -0.39 is 5.91 Å². The van der Waals surface area contributed by atoms with Crippen molar-refractivity contribution in [3.05, 3.63) is 59.8 Å². The second-order valence-corrected chi connectivity index (χ2v) is 5.98. The number of benzene rings is 2. The van der Waals surface area contributed by atoms with Gasteiger partial charge in [-0.25, -0.2) is 5.43 Å². The van der Waals surface area contributed by atoms with Crippen molar-refractivity contribution >= 4 is 12.1 Å². The van der Waals surface area contributed by atoms with Crippen LogP contribution in [-0.4, -0.2) is 40.6 Å². The number of hydrogen-bond donors (Lipinski definition) is 3. The molecule has 29 heavy (non-hydrogen) atoms. The van der Waals surface area contributed by atoms with E-state index in [-0.39, 0.29) is 11.4 Å². The first-order chi connectivity index (χ1) is 14.1. The maximum atomic E-state index is 12.3. The topological polar surface area (TPSA) is 109 Å². The van der Waals surface area contributed by atoms with Gasteiger partial charge in [0.25, 0.3) is 5.91 Å². The Bertz CT molecular complexity index is 996. The standard InChI is InChI=1S/C21H22N4O4/c1-3-28-16-8-6-15(7-9-16)17-12-18(24-23-17)21(27)25-22-13-14-5-10-19(26)20(11-14)29-4-2/h5-13,26H,3-4H2,1-2H3,(H,23,24)(H,25,27)/b22-13+. The Morgan fingerprint density at radius 2 is 1.90 bits per heavy atom. The summed E-state index contributed by atoms with van der Waals surface area (Å²) in [6, 6.07) is 13.9. The molecule has 2 aromatic carbocycles. The van der Waals surface area contributed by atoms with E-state index >= 15 is 0 Å². The van der Waals surface area contributed by atoms with E-state index in [0.717, 1.165) is 11.3 Å². The van der Waals surface area contributed by atoms with Gasteiger partial charge in [-0.2, -0.15) is 10.2 Å². The van der Waals surface area contributed by atoms with Crippen LogP contribution < -0.4 is 14.9 Å². The second kappa shape index (κ2) is 9.41. The summed E-state index contributed by atoms with van der Waals surface area (Å²) in [5.74, 6) is 0.763. The zero-order valence-corrected chi connectivity index (χ0v) is 16.2. The van der Waals surface area contributed by atoms with Crippen LogP contribution in [0.2, 0.25) is 0 Å². The van der Waals surface area contributed by atoms with Crippen molar-refractivity contribution in [3.63, 3.8) is 0 Å². The number of carbonyl (C=O) groups excluding carboxylic acids is 1. The van der Waals surface area contributed by atoms with E-state index in [4.69, 9.17) is 9.47 Å². The van der Waals surface area contributed by atoms with E-state index in [9.17, 15) is 9.90 Å². The lowest BCUT2D eigenvalue weighted by molar-refractivity contribution is 0.0950. The van der Waals surface area contributed by atoms with Crippen molar-refractivity contribution in [1.82, 2.24) is 15.6 Å². The van der Waals surface area contributed by atoms with Crippen molar-refractivity contribution in [3.8, 4) is 28.5 Å². The van der Waals surface area contributed by atoms with Gasteiger partial charge in [-0.15, -0.1) is 0 Å². The third-order valence-corrected chi connectivity index (χ3v) is 3.95. The normalized spacial score (nSPS) is 10.8. The van der Waals surface area contributed by atoms with Crippen molar-refractivity contribution in [2.24, 2.45) is 5.10 Å². The van der Waals surface area contributed by atoms with Crippen LogP contribution in [-0.2, 0) is 0 Å². The highest BCUT2D eigenvalue weighted by atomic mass is 16.5. The maximum absolute atomic E-state index is 12.3. The molecule has 1 heterocycles. The summed E-state index contributed by atoms with van der Waals surface area (Å²) >= 11 is 0. The van der Waals surface area contributed by atoms with Crippen molar-refractivity contribution in [2.75, 3.05) is 13.2 Å². The van der Waals surface area contributed by atoms with Crippen LogP contribution in [0.4, 0.5) is 0 Å². The number of nitrogens with zero attached hydrogens (tertiary/aromatic N) is 2. The number of hydrogen-bond acceptors (Lipinski definition) is 6. The molecule has 0 aliphatic carbocycles. The van der Waals surface area contributed by atoms with Gasteiger partial charge in [0.05, 0.1) is 25.1 Å². The molecule has 0 aliphatic rings. The minimum atomic E-state index is -0.422. The first-order valence-electron chi connectivity index (χ1n) is 9.18. The van der Waals surface area contributed by atoms with Crippen LogP contribution in [0.25, 0.3) is 11.3 Å². The Morgan fingerprint density at radius 3 is 2.62 bits per heavy atom. The van der Waals surface area contributed by atoms with Crippen molar-refractivity contribution in [1.29, 1.82) is 0 Å². The van der Waals surface area contributed by atoms with Gasteiger partial charge in [0.2, 0.25) is 0 Å². The van der Waals surface area contributed by atoms with Gasteiger partial charge in [-0.1, -0.05) is 0 Å². The molecule has 3 rings (SSSR count). The molecule has 8 heteroatoms. The first-order valence-corrected chi connectivity index (χ1v) is 9.18. The number of H-pyrrole nitrogens is 1. The van der Waals surface area contributed by atoms with Gasteiger partial charge >= 0.3 is 0 Å². The van der Waals surface area contributed by atoms with Gasteiger partial charge in [-0.05, 0) is 67.9 Å². The van der Waals surface area contributed by atoms with E-state index in [2.05, 4.69) is 20.7 Å². The highest BCUT2D eigenvalue weighted by Crippen LogP contribution is 2.26. The smallest absolute Gasteiger partial charge is 0.289 e. The van der Waals surface area contributed by atoms with Gasteiger partial charge in [0.15, 0.2) is 11.5 Å². The third-order valence-electron chi connectivity index (χ3n) is 3.95. The molecule has 3 aromatic rings. The second-order valence-electron chi connectivity index (χ2n) is 5.98. The van der Waals surface area contributed by atoms with Crippen LogP contribution in [0.15, 0.2) is 53.6 Å². The lowest BCUT2D eigenvalue weighted by Crippen LogP contribution is -2.18. The minimum absolute atomic E-state index is 0.0484. The van der Waals surface area contributed by atoms with Crippen molar-refractivity contribution in [2.45, 2.75) is 13.8 Å². The molecule has 1 amide bonds. The molecule has 0 fully saturated rings. The molecule has 0 aliphatic heterocycles. The summed E-state index contributed by atoms with van der Waals surface area (Å²) in [6.45, 7) is 4.78. The lowest BCUT2D eigenvalue weighted by Gasteiger charge is -2.05. The number of phenols is 1. The number of aromatic nitrogens is 2. The molecule has 150 valence electrons. The number of phenolic OH excluding ortho intramolecular Hbond substituents is 1. The molecular formula is C21H22N4O4. The zero-order chi connectivity index (χ0) is 20.6. The fourth-order valence-electron chi connectivity index (χ4n) is 2.58. The van der Waals surface area contributed by atoms with Gasteiger partial charge in [0, 0.05) is 5.56 Å². The molecule has 3 N–H and O–H groups in total. The van der Waals surface area contributed by atoms with Gasteiger partial charge in [0.1, 0.15) is 11.4 Å². The van der Waals surface area contributed by atoms with Crippen LogP contribution in [0.1, 0.15) is 29.9 Å². The third kappa shape index (κ3) is 5.13. The van der Waals surface area contributed by atoms with E-state index in [1.165, 1.54) is 12.3 Å². The fourth-order valence-corrected chi connectivity index (χ4v) is 2.58. The van der Waals surface area contributed by atoms with Crippen LogP contribution in [0.3, 0.4) is 0 Å². The minimum Gasteiger partial charge on any atom is -0.504 e. The summed E-state index contributed by atoms with van der Waals surface area (Å²) < 4.78 is 10.7. The predicted octanol–water partition coefficient (Wildman–Crippen LogP) is 3.34. The van der Waals surface area contributed by atoms with Gasteiger partial charge in [-0.3, -0.25) is 9.89 Å². The Labute approximate surface area is 168 Å². The SMILES string of the molecule is CCOc1ccc(-c2cc(C(=O)N/N=C/c3ccc(O)c(OCC)c3)[nH]n2)cc1. The summed E-state index contributed by atoms with van der Waals surface area (Å²) in [4.78, 5) is 12.3. The molecule has 0 saturated carbocycles. The summed E-state index contributed by atoms with van der Waals surface area (Å²) in [5.41, 5.74) is 4.90. The molecule has 0 radical (unpaired) electrons. The molecule has 0 bridgehead atoms. The molecule has 0 saturated heterocycles. The van der Waals surface area contributed by atoms with Crippen molar-refractivity contribution < 1.29 is 19.4 Å². The number of ether oxygens (including phenoxy) is 2. The predicted molar refractivity (Wildman–Crippen MR) is 110 cm³/mol. The van der Waals surface area contributed by atoms with Crippen LogP contribution in [0.5, 0.6) is 17.2 Å². The molecule has 0 unspecified atom stereocenters. The monoisotopic (exact) mass is 394 g/mol. The van der Waals surface area contributed by atoms with E-state index in [1.54, 1.807) is 18.2 Å². The number of rotatable bonds is 8. The molecule has 8 nitrogen and oxygen atoms in total. The number of nitrogens with one attached hydrogen (secondary N) is 2. The van der Waals surface area contributed by atoms with Crippen LogP contribution in [0, 0.1) is 0 Å². The van der Waals surface area contributed by atoms with Gasteiger partial charge < -0.3 is 14.6 Å². The molecular weight excluding hydrogens is 372 g/mol. The highest BCUT2D eigenvalue weighted by Gasteiger charge is 2.10. The highest BCUT2D eigenvalue weighted by molar-refractivity contribution is 5.94. The fraction of sp³-hybridized carbons (Fsp3) is 0.190. The summed E-state index contributed by atoms with van der Waals surface area (Å²) in [7, 11) is 0. The summed E-state index contributed by atoms with van der Waals surface area (Å²) in [6.07, 6.45) is 1.46.